The number of hydrogen-bond acceptors (Lipinski definition) is 3. The Morgan fingerprint density at radius 3 is 1.68 bits per heavy atom. The molecule has 0 heterocycles. The van der Waals surface area contributed by atoms with Crippen LogP contribution in [0.4, 0.5) is 11.4 Å². The third-order valence-electron chi connectivity index (χ3n) is 4.16. The highest BCUT2D eigenvalue weighted by atomic mass is 16.4. The zero-order valence-electron chi connectivity index (χ0n) is 13.6. The van der Waals surface area contributed by atoms with Crippen molar-refractivity contribution >= 4 is 49.7 Å². The Kier molecular flexibility index (Phi) is 4.27. The summed E-state index contributed by atoms with van der Waals surface area (Å²) < 4.78 is 0. The molecule has 0 aliphatic rings. The Morgan fingerprint density at radius 1 is 0.800 bits per heavy atom. The highest BCUT2D eigenvalue weighted by Gasteiger charge is 2.11. The monoisotopic (exact) mass is 330 g/mol. The van der Waals surface area contributed by atoms with Crippen LogP contribution in [-0.4, -0.2) is 11.1 Å². The van der Waals surface area contributed by atoms with E-state index in [1.165, 1.54) is 16.2 Å². The number of nitrogens with two attached hydrogens (primary N) is 2. The summed E-state index contributed by atoms with van der Waals surface area (Å²) in [6.07, 6.45) is 0.833. The third-order valence-corrected chi connectivity index (χ3v) is 4.16. The van der Waals surface area contributed by atoms with Crippen LogP contribution in [-0.2, 0) is 4.79 Å². The minimum absolute atomic E-state index is 0.637. The molecule has 0 saturated heterocycles. The molecule has 0 fully saturated rings. The number of carboxylic acid groups (broad SMARTS) is 1. The fraction of sp³-hybridized carbons (Fsp3) is 0. The van der Waals surface area contributed by atoms with Crippen molar-refractivity contribution < 1.29 is 9.90 Å². The Labute approximate surface area is 145 Å². The van der Waals surface area contributed by atoms with Crippen LogP contribution in [0.25, 0.3) is 32.3 Å². The molecule has 0 atom stereocenters. The predicted molar refractivity (Wildman–Crippen MR) is 106 cm³/mol. The van der Waals surface area contributed by atoms with Crippen LogP contribution in [0, 0.1) is 0 Å². The predicted octanol–water partition coefficient (Wildman–Crippen LogP) is 4.57. The van der Waals surface area contributed by atoms with E-state index in [9.17, 15) is 4.79 Å². The summed E-state index contributed by atoms with van der Waals surface area (Å²) >= 11 is 0. The van der Waals surface area contributed by atoms with Crippen LogP contribution < -0.4 is 11.5 Å². The van der Waals surface area contributed by atoms with E-state index in [1.807, 2.05) is 12.1 Å². The Hall–Kier alpha value is -3.53. The van der Waals surface area contributed by atoms with E-state index in [4.69, 9.17) is 16.6 Å². The van der Waals surface area contributed by atoms with Gasteiger partial charge in [-0.25, -0.2) is 4.79 Å². The number of rotatable bonds is 1. The van der Waals surface area contributed by atoms with E-state index in [2.05, 4.69) is 55.1 Å². The fourth-order valence-electron chi connectivity index (χ4n) is 3.04. The van der Waals surface area contributed by atoms with Crippen LogP contribution >= 0.6 is 0 Å². The van der Waals surface area contributed by atoms with E-state index >= 15 is 0 Å². The first-order chi connectivity index (χ1) is 12.0. The molecule has 0 saturated carbocycles. The molecule has 0 spiro atoms. The van der Waals surface area contributed by atoms with Crippen LogP contribution in [0.3, 0.4) is 0 Å². The third kappa shape index (κ3) is 2.85. The Balaban J connectivity index is 0.000000324. The number of nitrogen functional groups attached to an aromatic ring is 2. The molecule has 0 amide bonds. The number of hydrogen-bond donors (Lipinski definition) is 3. The van der Waals surface area contributed by atoms with Gasteiger partial charge in [0, 0.05) is 11.5 Å². The van der Waals surface area contributed by atoms with Crippen molar-refractivity contribution in [1.82, 2.24) is 0 Å². The van der Waals surface area contributed by atoms with Gasteiger partial charge >= 0.3 is 5.97 Å². The smallest absolute Gasteiger partial charge is 0.327 e. The van der Waals surface area contributed by atoms with Crippen molar-refractivity contribution in [1.29, 1.82) is 0 Å². The molecule has 0 aliphatic carbocycles. The topological polar surface area (TPSA) is 89.3 Å². The van der Waals surface area contributed by atoms with Crippen molar-refractivity contribution in [3.05, 3.63) is 73.3 Å². The maximum atomic E-state index is 9.25. The highest BCUT2D eigenvalue weighted by Crippen LogP contribution is 2.39. The van der Waals surface area contributed by atoms with Gasteiger partial charge in [0.2, 0.25) is 0 Å². The molecule has 5 N–H and O–H groups in total. The normalized spacial score (nSPS) is 10.4. The van der Waals surface area contributed by atoms with Gasteiger partial charge in [0.05, 0.1) is 11.4 Å². The van der Waals surface area contributed by atoms with Crippen molar-refractivity contribution in [3.63, 3.8) is 0 Å². The fourth-order valence-corrected chi connectivity index (χ4v) is 3.04. The number of carboxylic acids is 1. The summed E-state index contributed by atoms with van der Waals surface area (Å²) in [5.41, 5.74) is 13.6. The second-order valence-electron chi connectivity index (χ2n) is 5.62. The van der Waals surface area contributed by atoms with Gasteiger partial charge in [0.25, 0.3) is 0 Å². The van der Waals surface area contributed by atoms with E-state index < -0.39 is 5.97 Å². The standard InChI is InChI=1S/C18H14N2.C3H4O2/c19-16-10-9-15-13-7-2-1-5-11(13)12-6-3-4-8-14(12)17(15)18(16)20;1-2-3(4)5/h1-10H,19-20H2;2H,1H2,(H,4,5). The van der Waals surface area contributed by atoms with Crippen LogP contribution in [0.1, 0.15) is 0 Å². The van der Waals surface area contributed by atoms with Gasteiger partial charge < -0.3 is 16.6 Å². The summed E-state index contributed by atoms with van der Waals surface area (Å²) in [5.74, 6) is -0.981. The molecule has 4 heteroatoms. The first-order valence-corrected chi connectivity index (χ1v) is 7.77. The van der Waals surface area contributed by atoms with Crippen molar-refractivity contribution in [3.8, 4) is 0 Å². The molecule has 124 valence electrons. The van der Waals surface area contributed by atoms with Gasteiger partial charge in [0.1, 0.15) is 0 Å². The van der Waals surface area contributed by atoms with Crippen LogP contribution in [0.5, 0.6) is 0 Å². The number of carbonyl (C=O) groups is 1. The molecule has 0 unspecified atom stereocenters. The lowest BCUT2D eigenvalue weighted by molar-refractivity contribution is -0.131. The van der Waals surface area contributed by atoms with Crippen LogP contribution in [0.15, 0.2) is 73.3 Å². The molecule has 4 rings (SSSR count). The molecule has 0 bridgehead atoms. The zero-order chi connectivity index (χ0) is 18.0. The summed E-state index contributed by atoms with van der Waals surface area (Å²) in [7, 11) is 0. The second-order valence-corrected chi connectivity index (χ2v) is 5.62. The summed E-state index contributed by atoms with van der Waals surface area (Å²) in [6.45, 7) is 2.96. The minimum atomic E-state index is -0.981. The average Bonchev–Trinajstić information content (AvgIpc) is 2.65. The zero-order valence-corrected chi connectivity index (χ0v) is 13.6. The lowest BCUT2D eigenvalue weighted by atomic mass is 9.93. The molecule has 0 aromatic heterocycles. The van der Waals surface area contributed by atoms with Gasteiger partial charge in [-0.3, -0.25) is 0 Å². The maximum absolute atomic E-state index is 9.25. The molecule has 0 aliphatic heterocycles. The highest BCUT2D eigenvalue weighted by molar-refractivity contribution is 6.28. The van der Waals surface area contributed by atoms with E-state index in [0.29, 0.717) is 11.4 Å². The summed E-state index contributed by atoms with van der Waals surface area (Å²) in [5, 5.41) is 14.7. The van der Waals surface area contributed by atoms with E-state index in [-0.39, 0.29) is 0 Å². The largest absolute Gasteiger partial charge is 0.478 e. The maximum Gasteiger partial charge on any atom is 0.327 e. The summed E-state index contributed by atoms with van der Waals surface area (Å²) in [6, 6.07) is 20.7. The number of aliphatic carboxylic acids is 1. The van der Waals surface area contributed by atoms with Gasteiger partial charge in [-0.2, -0.15) is 0 Å². The van der Waals surface area contributed by atoms with Crippen molar-refractivity contribution in [2.45, 2.75) is 0 Å². The second kappa shape index (κ2) is 6.53. The van der Waals surface area contributed by atoms with Gasteiger partial charge in [-0.05, 0) is 33.0 Å². The first kappa shape index (κ1) is 16.3. The van der Waals surface area contributed by atoms with Crippen LogP contribution in [0.2, 0.25) is 0 Å². The molecular formula is C21H18N2O2. The number of benzene rings is 4. The van der Waals surface area contributed by atoms with Crippen molar-refractivity contribution in [2.24, 2.45) is 0 Å². The lowest BCUT2D eigenvalue weighted by Crippen LogP contribution is -1.96. The average molecular weight is 330 g/mol. The van der Waals surface area contributed by atoms with E-state index in [0.717, 1.165) is 22.2 Å². The van der Waals surface area contributed by atoms with Crippen molar-refractivity contribution in [2.75, 3.05) is 11.5 Å². The molecule has 4 aromatic rings. The molecular weight excluding hydrogens is 312 g/mol. The SMILES string of the molecule is C=CC(=O)O.Nc1ccc2c3ccccc3c3ccccc3c2c1N. The van der Waals surface area contributed by atoms with E-state index in [1.54, 1.807) is 0 Å². The quantitative estimate of drug-likeness (QED) is 0.271. The number of anilines is 2. The van der Waals surface area contributed by atoms with Gasteiger partial charge in [-0.15, -0.1) is 0 Å². The molecule has 4 aromatic carbocycles. The van der Waals surface area contributed by atoms with Gasteiger partial charge in [0.15, 0.2) is 0 Å². The Morgan fingerprint density at radius 2 is 1.20 bits per heavy atom. The summed E-state index contributed by atoms with van der Waals surface area (Å²) in [4.78, 5) is 9.25. The first-order valence-electron chi connectivity index (χ1n) is 7.77. The number of fused-ring (bicyclic) bond motifs is 6. The molecule has 0 radical (unpaired) electrons. The Bertz CT molecular complexity index is 1080. The van der Waals surface area contributed by atoms with Gasteiger partial charge in [-0.1, -0.05) is 61.2 Å². The lowest BCUT2D eigenvalue weighted by Gasteiger charge is -2.13. The molecule has 25 heavy (non-hydrogen) atoms. The minimum Gasteiger partial charge on any atom is -0.478 e. The molecule has 4 nitrogen and oxygen atoms in total.